The molecule has 0 fully saturated rings. The van der Waals surface area contributed by atoms with Crippen LogP contribution < -0.4 is 0 Å². The summed E-state index contributed by atoms with van der Waals surface area (Å²) in [7, 11) is 0. The minimum Gasteiger partial charge on any atom is -0.465 e. The molecule has 4 nitrogen and oxygen atoms in total. The molecule has 0 N–H and O–H groups in total. The number of rotatable bonds is 6. The van der Waals surface area contributed by atoms with Gasteiger partial charge in [-0.25, -0.2) is 0 Å². The van der Waals surface area contributed by atoms with Crippen molar-refractivity contribution >= 4 is 52.3 Å². The van der Waals surface area contributed by atoms with Crippen LogP contribution in [0.1, 0.15) is 48.3 Å². The molecular formula is C31H26Cl3NO3. The average Bonchev–Trinajstić information content (AvgIpc) is 2.90. The van der Waals surface area contributed by atoms with Crippen LogP contribution in [0.2, 0.25) is 15.1 Å². The van der Waals surface area contributed by atoms with Gasteiger partial charge in [0.25, 0.3) is 0 Å². The van der Waals surface area contributed by atoms with Crippen molar-refractivity contribution in [1.82, 2.24) is 0 Å². The van der Waals surface area contributed by atoms with Crippen molar-refractivity contribution in [1.29, 1.82) is 0 Å². The first-order valence-corrected chi connectivity index (χ1v) is 13.7. The third-order valence-electron chi connectivity index (χ3n) is 7.26. The molecule has 1 aliphatic heterocycles. The summed E-state index contributed by atoms with van der Waals surface area (Å²) in [5.74, 6) is -1.74. The van der Waals surface area contributed by atoms with E-state index in [4.69, 9.17) is 44.5 Å². The Morgan fingerprint density at radius 3 is 2.34 bits per heavy atom. The Balaban J connectivity index is 1.48. The smallest absolute Gasteiger partial charge is 0.315 e. The molecule has 7 heteroatoms. The number of carbonyl (C=O) groups excluding carboxylic acids is 2. The van der Waals surface area contributed by atoms with Crippen LogP contribution in [-0.2, 0) is 20.7 Å². The maximum atomic E-state index is 13.7. The number of hydrogen-bond acceptors (Lipinski definition) is 4. The molecule has 1 unspecified atom stereocenters. The van der Waals surface area contributed by atoms with E-state index in [0.717, 1.165) is 16.7 Å². The van der Waals surface area contributed by atoms with Gasteiger partial charge in [-0.2, -0.15) is 0 Å². The molecular weight excluding hydrogens is 541 g/mol. The number of carbonyl (C=O) groups is 2. The van der Waals surface area contributed by atoms with Gasteiger partial charge in [0.05, 0.1) is 16.7 Å². The maximum Gasteiger partial charge on any atom is 0.315 e. The number of ketones is 1. The van der Waals surface area contributed by atoms with Crippen LogP contribution in [0.15, 0.2) is 89.1 Å². The highest BCUT2D eigenvalue weighted by Gasteiger charge is 2.44. The Hall–Kier alpha value is -2.92. The van der Waals surface area contributed by atoms with Crippen molar-refractivity contribution in [2.45, 2.75) is 38.0 Å². The van der Waals surface area contributed by atoms with Crippen LogP contribution in [0, 0.1) is 5.92 Å². The lowest BCUT2D eigenvalue weighted by molar-refractivity contribution is -0.146. The second-order valence-electron chi connectivity index (χ2n) is 9.73. The highest BCUT2D eigenvalue weighted by Crippen LogP contribution is 2.47. The minimum absolute atomic E-state index is 0.0149. The second-order valence-corrected chi connectivity index (χ2v) is 11.0. The van der Waals surface area contributed by atoms with E-state index < -0.39 is 17.8 Å². The predicted molar refractivity (Wildman–Crippen MR) is 152 cm³/mol. The molecule has 0 amide bonds. The van der Waals surface area contributed by atoms with Gasteiger partial charge in [-0.1, -0.05) is 83.3 Å². The summed E-state index contributed by atoms with van der Waals surface area (Å²) in [4.78, 5) is 32.1. The molecule has 3 aromatic rings. The molecule has 0 aromatic heterocycles. The molecule has 0 spiro atoms. The van der Waals surface area contributed by atoms with E-state index in [1.165, 1.54) is 0 Å². The van der Waals surface area contributed by atoms with Crippen molar-refractivity contribution in [3.8, 4) is 0 Å². The molecule has 38 heavy (non-hydrogen) atoms. The molecule has 3 aromatic carbocycles. The quantitative estimate of drug-likeness (QED) is 0.284. The van der Waals surface area contributed by atoms with Gasteiger partial charge in [-0.05, 0) is 60.2 Å². The molecule has 194 valence electrons. The molecule has 0 radical (unpaired) electrons. The second kappa shape index (κ2) is 11.4. The number of nitrogens with zero attached hydrogens (tertiary/aromatic N) is 1. The predicted octanol–water partition coefficient (Wildman–Crippen LogP) is 8.01. The summed E-state index contributed by atoms with van der Waals surface area (Å²) in [6.07, 6.45) is 1.51. The zero-order chi connectivity index (χ0) is 26.8. The number of aliphatic imine (C=N–C) groups is 1. The number of Topliss-reactive ketones (excluding diaryl/α,β-unsaturated/α-hetero) is 1. The first-order chi connectivity index (χ1) is 18.3. The Bertz CT molecular complexity index is 1430. The standard InChI is InChI=1S/C31H26Cl3NO3/c1-18-28(31(37)38-14-13-19-5-3-2-4-6-19)29(21-9-12-24(33)25(34)15-21)30-26(35-18)16-22(17-27(30)36)20-7-10-23(32)11-8-20/h2-12,15,22,28-29H,13-14,16-17H2,1H3/t22-,28?,29-/m0/s1. The lowest BCUT2D eigenvalue weighted by atomic mass is 9.69. The van der Waals surface area contributed by atoms with Crippen LogP contribution in [0.4, 0.5) is 0 Å². The molecule has 1 heterocycles. The van der Waals surface area contributed by atoms with Gasteiger partial charge < -0.3 is 4.74 Å². The molecule has 3 atom stereocenters. The summed E-state index contributed by atoms with van der Waals surface area (Å²) in [6, 6.07) is 22.7. The van der Waals surface area contributed by atoms with Crippen LogP contribution >= 0.6 is 34.8 Å². The lowest BCUT2D eigenvalue weighted by Crippen LogP contribution is -2.38. The third-order valence-corrected chi connectivity index (χ3v) is 8.26. The van der Waals surface area contributed by atoms with Gasteiger partial charge in [0.2, 0.25) is 0 Å². The molecule has 0 saturated heterocycles. The highest BCUT2D eigenvalue weighted by molar-refractivity contribution is 6.42. The van der Waals surface area contributed by atoms with Gasteiger partial charge in [0, 0.05) is 40.8 Å². The fourth-order valence-corrected chi connectivity index (χ4v) is 5.84. The lowest BCUT2D eigenvalue weighted by Gasteiger charge is -2.36. The maximum absolute atomic E-state index is 13.7. The van der Waals surface area contributed by atoms with Gasteiger partial charge in [-0.15, -0.1) is 0 Å². The number of halogens is 3. The molecule has 5 rings (SSSR count). The summed E-state index contributed by atoms with van der Waals surface area (Å²) in [5, 5.41) is 1.42. The summed E-state index contributed by atoms with van der Waals surface area (Å²) in [5.41, 5.74) is 4.75. The summed E-state index contributed by atoms with van der Waals surface area (Å²) < 4.78 is 5.75. The minimum atomic E-state index is -0.738. The van der Waals surface area contributed by atoms with Gasteiger partial charge in [-0.3, -0.25) is 14.6 Å². The summed E-state index contributed by atoms with van der Waals surface area (Å²) in [6.45, 7) is 2.06. The number of esters is 1. The van der Waals surface area contributed by atoms with Crippen LogP contribution in [-0.4, -0.2) is 24.1 Å². The van der Waals surface area contributed by atoms with E-state index in [9.17, 15) is 9.59 Å². The Morgan fingerprint density at radius 1 is 0.921 bits per heavy atom. The van der Waals surface area contributed by atoms with Crippen LogP contribution in [0.3, 0.4) is 0 Å². The number of benzene rings is 3. The van der Waals surface area contributed by atoms with E-state index in [1.807, 2.05) is 67.6 Å². The monoisotopic (exact) mass is 565 g/mol. The third kappa shape index (κ3) is 5.58. The normalized spacial score (nSPS) is 21.1. The number of hydrogen-bond donors (Lipinski definition) is 0. The Kier molecular flexibility index (Phi) is 8.04. The van der Waals surface area contributed by atoms with E-state index in [1.54, 1.807) is 12.1 Å². The first-order valence-electron chi connectivity index (χ1n) is 12.5. The molecule has 0 bridgehead atoms. The van der Waals surface area contributed by atoms with E-state index >= 15 is 0 Å². The van der Waals surface area contributed by atoms with Gasteiger partial charge in [0.15, 0.2) is 5.78 Å². The Labute approximate surface area is 237 Å². The molecule has 2 aliphatic rings. The van der Waals surface area contributed by atoms with Crippen molar-refractivity contribution in [2.75, 3.05) is 6.61 Å². The Morgan fingerprint density at radius 2 is 1.63 bits per heavy atom. The highest BCUT2D eigenvalue weighted by atomic mass is 35.5. The fraction of sp³-hybridized carbons (Fsp3) is 0.258. The van der Waals surface area contributed by atoms with Gasteiger partial charge in [0.1, 0.15) is 5.92 Å². The summed E-state index contributed by atoms with van der Waals surface area (Å²) >= 11 is 18.7. The van der Waals surface area contributed by atoms with Crippen LogP contribution in [0.5, 0.6) is 0 Å². The SMILES string of the molecule is CC1=NC2=C(C(=O)C[C@@H](c3ccc(Cl)cc3)C2)[C@@H](c2ccc(Cl)c(Cl)c2)C1C(=O)OCCc1ccccc1. The van der Waals surface area contributed by atoms with Gasteiger partial charge >= 0.3 is 5.97 Å². The topological polar surface area (TPSA) is 55.7 Å². The van der Waals surface area contributed by atoms with Crippen molar-refractivity contribution < 1.29 is 14.3 Å². The molecule has 0 saturated carbocycles. The number of allylic oxidation sites excluding steroid dienone is 2. The van der Waals surface area contributed by atoms with Crippen molar-refractivity contribution in [3.63, 3.8) is 0 Å². The fourth-order valence-electron chi connectivity index (χ4n) is 5.41. The largest absolute Gasteiger partial charge is 0.465 e. The van der Waals surface area contributed by atoms with Crippen molar-refractivity contribution in [3.05, 3.63) is 116 Å². The van der Waals surface area contributed by atoms with E-state index in [2.05, 4.69) is 0 Å². The van der Waals surface area contributed by atoms with E-state index in [0.29, 0.717) is 51.3 Å². The van der Waals surface area contributed by atoms with E-state index in [-0.39, 0.29) is 18.3 Å². The zero-order valence-electron chi connectivity index (χ0n) is 20.8. The van der Waals surface area contributed by atoms with Crippen LogP contribution in [0.25, 0.3) is 0 Å². The average molecular weight is 567 g/mol. The zero-order valence-corrected chi connectivity index (χ0v) is 23.1. The molecule has 1 aliphatic carbocycles. The van der Waals surface area contributed by atoms with Crippen molar-refractivity contribution in [2.24, 2.45) is 10.9 Å². The first kappa shape index (κ1) is 26.7. The number of ether oxygens (including phenoxy) is 1.